The number of hydrogen-bond acceptors (Lipinski definition) is 4. The van der Waals surface area contributed by atoms with E-state index >= 15 is 0 Å². The quantitative estimate of drug-likeness (QED) is 0.672. The van der Waals surface area contributed by atoms with Crippen molar-refractivity contribution in [3.63, 3.8) is 0 Å². The Kier molecular flexibility index (Phi) is 4.42. The predicted molar refractivity (Wildman–Crippen MR) is 110 cm³/mol. The number of quaternary nitrogens is 1. The van der Waals surface area contributed by atoms with Crippen LogP contribution >= 0.6 is 22.9 Å². The molecule has 0 bridgehead atoms. The fourth-order valence-electron chi connectivity index (χ4n) is 4.24. The Morgan fingerprint density at radius 3 is 2.89 bits per heavy atom. The second-order valence-corrected chi connectivity index (χ2v) is 8.86. The van der Waals surface area contributed by atoms with Crippen LogP contribution in [0, 0.1) is 0 Å². The molecule has 1 unspecified atom stereocenters. The van der Waals surface area contributed by atoms with Gasteiger partial charge < -0.3 is 4.90 Å². The smallest absolute Gasteiger partial charge is 0.303 e. The van der Waals surface area contributed by atoms with Crippen LogP contribution in [-0.4, -0.2) is 29.9 Å². The molecule has 3 aromatic rings. The van der Waals surface area contributed by atoms with E-state index in [1.165, 1.54) is 9.60 Å². The number of thiazole rings is 1. The van der Waals surface area contributed by atoms with Crippen LogP contribution in [0.25, 0.3) is 10.2 Å². The number of benzene rings is 2. The molecule has 5 nitrogen and oxygen atoms in total. The van der Waals surface area contributed by atoms with Crippen molar-refractivity contribution in [2.75, 3.05) is 18.1 Å². The van der Waals surface area contributed by atoms with Crippen molar-refractivity contribution in [2.45, 2.75) is 25.3 Å². The molecule has 1 saturated heterocycles. The summed E-state index contributed by atoms with van der Waals surface area (Å²) >= 11 is 7.76. The molecule has 0 saturated carbocycles. The van der Waals surface area contributed by atoms with Gasteiger partial charge in [0.1, 0.15) is 6.04 Å². The van der Waals surface area contributed by atoms with E-state index in [2.05, 4.69) is 6.07 Å². The maximum atomic E-state index is 12.6. The highest BCUT2D eigenvalue weighted by molar-refractivity contribution is 7.18. The van der Waals surface area contributed by atoms with Gasteiger partial charge in [-0.05, 0) is 43.2 Å². The number of aromatic nitrogens is 1. The molecule has 2 aliphatic rings. The first-order valence-corrected chi connectivity index (χ1v) is 10.7. The number of nitrogens with zero attached hydrogens (tertiary/aromatic N) is 2. The zero-order chi connectivity index (χ0) is 19.3. The number of amides is 1. The molecule has 7 heteroatoms. The van der Waals surface area contributed by atoms with E-state index < -0.39 is 11.7 Å². The van der Waals surface area contributed by atoms with Crippen molar-refractivity contribution < 1.29 is 14.5 Å². The van der Waals surface area contributed by atoms with Crippen LogP contribution < -0.4 is 9.80 Å². The standard InChI is InChI=1S/C21H18ClN3O2S/c22-13-8-9-16-14(11-13)19(26)21(27)25(16)12-24-10-4-3-6-17(24)20-23-15-5-1-2-7-18(15)28-20/h1-2,5,7-9,11,17H,3-4,6,10,12H2/p+1/t17-/m1/s1. The summed E-state index contributed by atoms with van der Waals surface area (Å²) in [6.07, 6.45) is 3.31. The monoisotopic (exact) mass is 412 g/mol. The number of piperidine rings is 1. The number of carbonyl (C=O) groups is 2. The van der Waals surface area contributed by atoms with Crippen molar-refractivity contribution in [1.82, 2.24) is 4.98 Å². The van der Waals surface area contributed by atoms with Gasteiger partial charge in [0.2, 0.25) is 0 Å². The lowest BCUT2D eigenvalue weighted by Gasteiger charge is -2.33. The first kappa shape index (κ1) is 17.8. The summed E-state index contributed by atoms with van der Waals surface area (Å²) in [5.41, 5.74) is 2.10. The minimum atomic E-state index is -0.467. The molecule has 0 spiro atoms. The number of ketones is 1. The van der Waals surface area contributed by atoms with E-state index in [9.17, 15) is 9.59 Å². The Hall–Kier alpha value is -2.28. The molecular formula is C21H19ClN3O2S+. The van der Waals surface area contributed by atoms with Gasteiger partial charge in [0.05, 0.1) is 28.0 Å². The molecule has 3 heterocycles. The van der Waals surface area contributed by atoms with Crippen molar-refractivity contribution >= 4 is 50.5 Å². The van der Waals surface area contributed by atoms with Crippen LogP contribution in [0.2, 0.25) is 5.02 Å². The van der Waals surface area contributed by atoms with Gasteiger partial charge in [0.15, 0.2) is 11.7 Å². The lowest BCUT2D eigenvalue weighted by molar-refractivity contribution is -0.935. The highest BCUT2D eigenvalue weighted by atomic mass is 35.5. The van der Waals surface area contributed by atoms with E-state index in [0.717, 1.165) is 36.3 Å². The molecule has 0 aliphatic carbocycles. The lowest BCUT2D eigenvalue weighted by atomic mass is 10.0. The number of likely N-dealkylation sites (tertiary alicyclic amines) is 1. The van der Waals surface area contributed by atoms with Crippen molar-refractivity contribution in [2.24, 2.45) is 0 Å². The van der Waals surface area contributed by atoms with Crippen LogP contribution in [0.4, 0.5) is 5.69 Å². The number of carbonyl (C=O) groups excluding carboxylic acids is 2. The van der Waals surface area contributed by atoms with Gasteiger partial charge in [-0.1, -0.05) is 23.7 Å². The molecule has 142 valence electrons. The molecule has 1 amide bonds. The molecule has 1 fully saturated rings. The summed E-state index contributed by atoms with van der Waals surface area (Å²) in [6.45, 7) is 1.43. The minimum absolute atomic E-state index is 0.241. The number of para-hydroxylation sites is 1. The number of fused-ring (bicyclic) bond motifs is 2. The van der Waals surface area contributed by atoms with Crippen molar-refractivity contribution in [3.05, 3.63) is 58.1 Å². The number of rotatable bonds is 3. The largest absolute Gasteiger partial charge is 0.309 e. The number of hydrogen-bond donors (Lipinski definition) is 1. The fourth-order valence-corrected chi connectivity index (χ4v) is 5.57. The molecule has 2 aliphatic heterocycles. The molecule has 2 aromatic carbocycles. The predicted octanol–water partition coefficient (Wildman–Crippen LogP) is 3.25. The second kappa shape index (κ2) is 6.95. The van der Waals surface area contributed by atoms with Gasteiger partial charge >= 0.3 is 5.91 Å². The normalized spacial score (nSPS) is 22.1. The number of Topliss-reactive ketones (excluding diaryl/α,β-unsaturated/α-hetero) is 1. The van der Waals surface area contributed by atoms with Crippen LogP contribution in [0.15, 0.2) is 42.5 Å². The topological polar surface area (TPSA) is 54.7 Å². The van der Waals surface area contributed by atoms with Crippen LogP contribution in [0.3, 0.4) is 0 Å². The Morgan fingerprint density at radius 2 is 2.04 bits per heavy atom. The third kappa shape index (κ3) is 2.92. The summed E-state index contributed by atoms with van der Waals surface area (Å²) in [5.74, 6) is -0.927. The minimum Gasteiger partial charge on any atom is -0.309 e. The van der Waals surface area contributed by atoms with Gasteiger partial charge in [-0.15, -0.1) is 11.3 Å². The number of anilines is 1. The SMILES string of the molecule is O=C1C(=O)N(C[NH+]2CCCC[C@@H]2c2nc3ccccc3s2)c2ccc(Cl)cc21. The van der Waals surface area contributed by atoms with E-state index in [1.807, 2.05) is 18.2 Å². The summed E-state index contributed by atoms with van der Waals surface area (Å²) in [4.78, 5) is 32.8. The molecule has 5 rings (SSSR count). The van der Waals surface area contributed by atoms with Gasteiger partial charge in [0, 0.05) is 11.4 Å². The Bertz CT molecular complexity index is 1060. The molecule has 1 aromatic heterocycles. The van der Waals surface area contributed by atoms with Crippen LogP contribution in [0.1, 0.15) is 40.7 Å². The van der Waals surface area contributed by atoms with Crippen molar-refractivity contribution in [1.29, 1.82) is 0 Å². The Balaban J connectivity index is 1.46. The maximum absolute atomic E-state index is 12.6. The number of nitrogens with one attached hydrogen (secondary N) is 1. The highest BCUT2D eigenvalue weighted by Gasteiger charge is 2.40. The van der Waals surface area contributed by atoms with E-state index in [4.69, 9.17) is 16.6 Å². The zero-order valence-electron chi connectivity index (χ0n) is 15.2. The maximum Gasteiger partial charge on any atom is 0.303 e. The average Bonchev–Trinajstić information content (AvgIpc) is 3.24. The highest BCUT2D eigenvalue weighted by Crippen LogP contribution is 2.32. The van der Waals surface area contributed by atoms with E-state index in [1.54, 1.807) is 34.4 Å². The molecule has 0 radical (unpaired) electrons. The average molecular weight is 413 g/mol. The molecule has 2 atom stereocenters. The Morgan fingerprint density at radius 1 is 1.18 bits per heavy atom. The second-order valence-electron chi connectivity index (χ2n) is 7.36. The summed E-state index contributed by atoms with van der Waals surface area (Å²) in [7, 11) is 0. The van der Waals surface area contributed by atoms with Crippen LogP contribution in [0.5, 0.6) is 0 Å². The Labute approximate surface area is 171 Å². The first-order chi connectivity index (χ1) is 13.6. The first-order valence-electron chi connectivity index (χ1n) is 9.47. The van der Waals surface area contributed by atoms with Gasteiger partial charge in [-0.2, -0.15) is 0 Å². The third-order valence-electron chi connectivity index (χ3n) is 5.64. The fraction of sp³-hybridized carbons (Fsp3) is 0.286. The summed E-state index contributed by atoms with van der Waals surface area (Å²) in [5, 5.41) is 1.59. The van der Waals surface area contributed by atoms with Crippen molar-refractivity contribution in [3.8, 4) is 0 Å². The van der Waals surface area contributed by atoms with E-state index in [-0.39, 0.29) is 6.04 Å². The van der Waals surface area contributed by atoms with Crippen LogP contribution in [-0.2, 0) is 4.79 Å². The summed E-state index contributed by atoms with van der Waals surface area (Å²) < 4.78 is 1.19. The third-order valence-corrected chi connectivity index (χ3v) is 7.02. The lowest BCUT2D eigenvalue weighted by Crippen LogP contribution is -3.14. The number of halogens is 1. The van der Waals surface area contributed by atoms with Gasteiger partial charge in [-0.25, -0.2) is 4.98 Å². The molecule has 28 heavy (non-hydrogen) atoms. The molecular weight excluding hydrogens is 394 g/mol. The van der Waals surface area contributed by atoms with E-state index in [0.29, 0.717) is 22.9 Å². The summed E-state index contributed by atoms with van der Waals surface area (Å²) in [6, 6.07) is 13.5. The van der Waals surface area contributed by atoms with Gasteiger partial charge in [-0.3, -0.25) is 14.5 Å². The molecule has 1 N–H and O–H groups in total. The van der Waals surface area contributed by atoms with Gasteiger partial charge in [0.25, 0.3) is 5.78 Å². The zero-order valence-corrected chi connectivity index (χ0v) is 16.7.